The molecule has 0 saturated heterocycles. The summed E-state index contributed by atoms with van der Waals surface area (Å²) < 4.78 is 6.27. The number of aryl methyl sites for hydroxylation is 2. The minimum atomic E-state index is 0.0840. The first kappa shape index (κ1) is 53.7. The van der Waals surface area contributed by atoms with E-state index in [2.05, 4.69) is 257 Å². The minimum Gasteiger partial charge on any atom is -0.355 e. The molecule has 0 fully saturated rings. The van der Waals surface area contributed by atoms with Gasteiger partial charge in [-0.2, -0.15) is 0 Å². The Labute approximate surface area is 480 Å². The summed E-state index contributed by atoms with van der Waals surface area (Å²) in [6, 6.07) is 77.2. The van der Waals surface area contributed by atoms with Gasteiger partial charge in [-0.15, -0.1) is 22.7 Å². The molecule has 0 unspecified atom stereocenters. The van der Waals surface area contributed by atoms with Crippen LogP contribution in [-0.4, -0.2) is 0 Å². The average molecular weight is 1150 g/mol. The molecule has 0 atom stereocenters. The van der Waals surface area contributed by atoms with Crippen molar-refractivity contribution in [3.05, 3.63) is 255 Å². The summed E-state index contributed by atoms with van der Waals surface area (Å²) in [7, 11) is 0. The van der Waals surface area contributed by atoms with E-state index in [1.54, 1.807) is 0 Å². The summed E-state index contributed by atoms with van der Waals surface area (Å²) in [4.78, 5) is 2.35. The molecular weight excluding hydrogens is 1080 g/mol. The molecule has 0 aliphatic heterocycles. The van der Waals surface area contributed by atoms with E-state index >= 15 is 0 Å². The number of anilines is 5. The molecule has 0 radical (unpaired) electrons. The van der Waals surface area contributed by atoms with Crippen LogP contribution < -0.4 is 10.2 Å². The van der Waals surface area contributed by atoms with Crippen molar-refractivity contribution in [2.24, 2.45) is 0 Å². The summed E-state index contributed by atoms with van der Waals surface area (Å²) in [5.41, 5.74) is 15.7. The van der Waals surface area contributed by atoms with E-state index in [4.69, 9.17) is 23.2 Å². The molecule has 12 aromatic rings. The number of benzene rings is 10. The Kier molecular flexibility index (Phi) is 15.8. The highest BCUT2D eigenvalue weighted by atomic mass is 79.9. The minimum absolute atomic E-state index is 0.0840. The first-order chi connectivity index (χ1) is 36.9. The third kappa shape index (κ3) is 12.4. The second-order valence-corrected chi connectivity index (χ2v) is 25.6. The van der Waals surface area contributed by atoms with Crippen molar-refractivity contribution in [2.45, 2.75) is 66.2 Å². The molecule has 0 amide bonds. The van der Waals surface area contributed by atoms with Crippen LogP contribution in [0.4, 0.5) is 28.4 Å². The molecule has 1 N–H and O–H groups in total. The Hall–Kier alpha value is -6.70. The summed E-state index contributed by atoms with van der Waals surface area (Å²) >= 11 is 19.9. The summed E-state index contributed by atoms with van der Waals surface area (Å²) in [6.45, 7) is 17.9. The van der Waals surface area contributed by atoms with Crippen LogP contribution in [0.15, 0.2) is 223 Å². The summed E-state index contributed by atoms with van der Waals surface area (Å²) in [5.74, 6) is 0. The molecule has 0 aliphatic carbocycles. The second-order valence-electron chi connectivity index (χ2n) is 21.7. The van der Waals surface area contributed by atoms with Crippen molar-refractivity contribution < 1.29 is 0 Å². The monoisotopic (exact) mass is 1140 g/mol. The molecule has 12 rings (SSSR count). The number of nitrogens with one attached hydrogen (secondary N) is 1. The molecule has 0 spiro atoms. The zero-order valence-corrected chi connectivity index (χ0v) is 49.4. The molecular formula is C70H61BrCl2N2S2. The molecule has 7 heteroatoms. The van der Waals surface area contributed by atoms with Crippen molar-refractivity contribution in [1.82, 2.24) is 0 Å². The van der Waals surface area contributed by atoms with Gasteiger partial charge in [0.15, 0.2) is 0 Å². The molecule has 2 nitrogen and oxygen atoms in total. The number of hydrogen-bond acceptors (Lipinski definition) is 4. The number of fused-ring (bicyclic) bond motifs is 6. The zero-order valence-electron chi connectivity index (χ0n) is 44.7. The highest BCUT2D eigenvalue weighted by molar-refractivity contribution is 9.10. The fraction of sp³-hybridized carbons (Fsp3) is 0.143. The van der Waals surface area contributed by atoms with Gasteiger partial charge in [-0.3, -0.25) is 0 Å². The smallest absolute Gasteiger partial charge is 0.0491 e. The van der Waals surface area contributed by atoms with Gasteiger partial charge >= 0.3 is 0 Å². The number of hydrogen-bond donors (Lipinski definition) is 1. The zero-order chi connectivity index (χ0) is 54.0. The van der Waals surface area contributed by atoms with Gasteiger partial charge in [0.2, 0.25) is 0 Å². The Morgan fingerprint density at radius 1 is 0.403 bits per heavy atom. The highest BCUT2D eigenvalue weighted by Crippen LogP contribution is 2.44. The maximum Gasteiger partial charge on any atom is 0.0491 e. The fourth-order valence-electron chi connectivity index (χ4n) is 9.73. The van der Waals surface area contributed by atoms with Gasteiger partial charge in [-0.05, 0) is 154 Å². The topological polar surface area (TPSA) is 15.3 Å². The lowest BCUT2D eigenvalue weighted by atomic mass is 9.86. The van der Waals surface area contributed by atoms with Gasteiger partial charge in [0.05, 0.1) is 0 Å². The maximum absolute atomic E-state index is 6.77. The number of nitrogens with zero attached hydrogens (tertiary/aromatic N) is 1. The Morgan fingerprint density at radius 3 is 1.45 bits per heavy atom. The quantitative estimate of drug-likeness (QED) is 0.171. The predicted octanol–water partition coefficient (Wildman–Crippen LogP) is 23.6. The van der Waals surface area contributed by atoms with E-state index in [-0.39, 0.29) is 10.8 Å². The SMILES string of the molecule is Cc1cc(C(C)(C)C)ccc1N(c1cc(Cl)cc(-c2ccccc2)c1)c1ccc2c(c1)sc1ccccc12.Cc1cc(C(C)(C)C)ccc1Nc1ccc2c(c1)sc1ccccc12.Clc1cc(Br)cc(-c2ccccc2)c1. The third-order valence-electron chi connectivity index (χ3n) is 13.9. The van der Waals surface area contributed by atoms with Crippen LogP contribution in [0.25, 0.3) is 62.6 Å². The third-order valence-corrected chi connectivity index (χ3v) is 17.1. The van der Waals surface area contributed by atoms with Crippen LogP contribution in [0, 0.1) is 13.8 Å². The van der Waals surface area contributed by atoms with E-state index in [1.165, 1.54) is 73.8 Å². The maximum atomic E-state index is 6.77. The van der Waals surface area contributed by atoms with E-state index < -0.39 is 0 Å². The van der Waals surface area contributed by atoms with Gasteiger partial charge in [0, 0.05) is 83.3 Å². The van der Waals surface area contributed by atoms with E-state index in [0.717, 1.165) is 54.0 Å². The van der Waals surface area contributed by atoms with Crippen molar-refractivity contribution in [3.8, 4) is 22.3 Å². The van der Waals surface area contributed by atoms with Crippen molar-refractivity contribution in [1.29, 1.82) is 0 Å². The van der Waals surface area contributed by atoms with Gasteiger partial charge < -0.3 is 10.2 Å². The average Bonchev–Trinajstić information content (AvgIpc) is 4.01. The molecule has 0 aliphatic rings. The summed E-state index contributed by atoms with van der Waals surface area (Å²) in [5, 5.41) is 10.4. The number of halogens is 3. The molecule has 384 valence electrons. The van der Waals surface area contributed by atoms with Gasteiger partial charge in [0.25, 0.3) is 0 Å². The highest BCUT2D eigenvalue weighted by Gasteiger charge is 2.21. The largest absolute Gasteiger partial charge is 0.355 e. The molecule has 0 bridgehead atoms. The van der Waals surface area contributed by atoms with Gasteiger partial charge in [-0.25, -0.2) is 0 Å². The number of rotatable bonds is 7. The van der Waals surface area contributed by atoms with Crippen LogP contribution in [0.5, 0.6) is 0 Å². The molecule has 2 aromatic heterocycles. The van der Waals surface area contributed by atoms with Gasteiger partial charge in [0.1, 0.15) is 0 Å². The lowest BCUT2D eigenvalue weighted by Crippen LogP contribution is -2.14. The van der Waals surface area contributed by atoms with Crippen LogP contribution in [0.1, 0.15) is 63.8 Å². The Morgan fingerprint density at radius 2 is 0.896 bits per heavy atom. The summed E-state index contributed by atoms with van der Waals surface area (Å²) in [6.07, 6.45) is 0. The molecule has 2 heterocycles. The molecule has 77 heavy (non-hydrogen) atoms. The van der Waals surface area contributed by atoms with Crippen LogP contribution in [-0.2, 0) is 10.8 Å². The van der Waals surface area contributed by atoms with Crippen LogP contribution in [0.2, 0.25) is 10.0 Å². The molecule has 0 saturated carbocycles. The lowest BCUT2D eigenvalue weighted by Gasteiger charge is -2.29. The van der Waals surface area contributed by atoms with Crippen LogP contribution >= 0.6 is 61.8 Å². The molecule has 10 aromatic carbocycles. The van der Waals surface area contributed by atoms with Crippen molar-refractivity contribution in [2.75, 3.05) is 10.2 Å². The van der Waals surface area contributed by atoms with Crippen LogP contribution in [0.3, 0.4) is 0 Å². The van der Waals surface area contributed by atoms with Gasteiger partial charge in [-0.1, -0.05) is 214 Å². The second kappa shape index (κ2) is 22.7. The Balaban J connectivity index is 0.000000147. The lowest BCUT2D eigenvalue weighted by molar-refractivity contribution is 0.589. The Bertz CT molecular complexity index is 4030. The van der Waals surface area contributed by atoms with Crippen molar-refractivity contribution in [3.63, 3.8) is 0 Å². The predicted molar refractivity (Wildman–Crippen MR) is 345 cm³/mol. The van der Waals surface area contributed by atoms with E-state index in [9.17, 15) is 0 Å². The van der Waals surface area contributed by atoms with Crippen molar-refractivity contribution >= 4 is 131 Å². The normalized spacial score (nSPS) is 11.6. The van der Waals surface area contributed by atoms with E-state index in [1.807, 2.05) is 65.1 Å². The van der Waals surface area contributed by atoms with E-state index in [0.29, 0.717) is 0 Å². The first-order valence-electron chi connectivity index (χ1n) is 25.9. The first-order valence-corrected chi connectivity index (χ1v) is 29.1. The standard InChI is InChI=1S/C35H30ClNS.C23H23NS.C12H8BrCl/c1-23-18-26(35(2,3)4)14-17-32(23)37(29-20-25(19-27(36)21-29)24-10-6-5-7-11-24)28-15-16-31-30-12-8-9-13-33(30)38-34(31)22-28;1-15-13-16(23(2,3)4)9-12-20(15)24-17-10-11-19-18-7-5-6-8-21(18)25-22(19)14-17;13-11-6-10(7-12(14)8-11)9-4-2-1-3-5-9/h5-22H,1-4H3;5-14,24H,1-4H3;1-8H. The fourth-order valence-corrected chi connectivity index (χ4v) is 13.1. The number of thiophene rings is 2.